The van der Waals surface area contributed by atoms with Crippen molar-refractivity contribution in [3.05, 3.63) is 16.5 Å². The van der Waals surface area contributed by atoms with E-state index in [0.717, 1.165) is 6.42 Å². The van der Waals surface area contributed by atoms with E-state index in [4.69, 9.17) is 23.2 Å². The van der Waals surface area contributed by atoms with Crippen molar-refractivity contribution in [2.45, 2.75) is 44.2 Å². The molecule has 3 unspecified atom stereocenters. The normalized spacial score (nSPS) is 29.0. The van der Waals surface area contributed by atoms with E-state index >= 15 is 0 Å². The maximum atomic E-state index is 12.3. The Labute approximate surface area is 127 Å². The number of fused-ring (bicyclic) bond motifs is 1. The molecule has 2 fully saturated rings. The Bertz CT molecular complexity index is 491. The molecule has 1 aromatic rings. The summed E-state index contributed by atoms with van der Waals surface area (Å²) >= 11 is 11.5. The largest absolute Gasteiger partial charge is 0.309 e. The van der Waals surface area contributed by atoms with E-state index in [1.54, 1.807) is 0 Å². The summed E-state index contributed by atoms with van der Waals surface area (Å²) in [6, 6.07) is 1.82. The van der Waals surface area contributed by atoms with Crippen LogP contribution in [0.2, 0.25) is 10.4 Å². The minimum Gasteiger partial charge on any atom is -0.309 e. The quantitative estimate of drug-likeness (QED) is 0.650. The number of hydrogen-bond acceptors (Lipinski definition) is 4. The van der Waals surface area contributed by atoms with Gasteiger partial charge < -0.3 is 10.6 Å². The molecule has 0 radical (unpaired) electrons. The summed E-state index contributed by atoms with van der Waals surface area (Å²) in [5.41, 5.74) is 0. The third-order valence-corrected chi connectivity index (χ3v) is 4.46. The van der Waals surface area contributed by atoms with Gasteiger partial charge in [-0.15, -0.1) is 0 Å². The van der Waals surface area contributed by atoms with E-state index in [-0.39, 0.29) is 22.4 Å². The standard InChI is InChI=1S/C13H16Cl2N4O/c14-10-6-11(19-13(15)17-10)18-12(20)9-5-7-3-1-2-4-8(7)16-9/h6-9,16H,1-5H2,(H,17,18,19,20). The molecule has 7 heteroatoms. The molecular weight excluding hydrogens is 299 g/mol. The Morgan fingerprint density at radius 2 is 2.10 bits per heavy atom. The van der Waals surface area contributed by atoms with Gasteiger partial charge in [0.2, 0.25) is 11.2 Å². The van der Waals surface area contributed by atoms with Crippen LogP contribution in [0.4, 0.5) is 5.82 Å². The predicted molar refractivity (Wildman–Crippen MR) is 78.0 cm³/mol. The number of amides is 1. The van der Waals surface area contributed by atoms with Crippen LogP contribution in [0.25, 0.3) is 0 Å². The lowest BCUT2D eigenvalue weighted by atomic mass is 9.85. The van der Waals surface area contributed by atoms with Gasteiger partial charge in [0.1, 0.15) is 11.0 Å². The van der Waals surface area contributed by atoms with Gasteiger partial charge in [0, 0.05) is 12.1 Å². The molecule has 2 N–H and O–H groups in total. The minimum atomic E-state index is -0.157. The zero-order valence-electron chi connectivity index (χ0n) is 10.9. The van der Waals surface area contributed by atoms with E-state index < -0.39 is 0 Å². The molecule has 1 aliphatic heterocycles. The van der Waals surface area contributed by atoms with Gasteiger partial charge >= 0.3 is 0 Å². The third-order valence-electron chi connectivity index (χ3n) is 4.10. The van der Waals surface area contributed by atoms with Crippen molar-refractivity contribution in [3.63, 3.8) is 0 Å². The Morgan fingerprint density at radius 1 is 1.30 bits per heavy atom. The Kier molecular flexibility index (Phi) is 4.10. The van der Waals surface area contributed by atoms with Crippen molar-refractivity contribution in [1.29, 1.82) is 0 Å². The van der Waals surface area contributed by atoms with Crippen LogP contribution in [0.5, 0.6) is 0 Å². The Balaban J connectivity index is 1.64. The van der Waals surface area contributed by atoms with Crippen molar-refractivity contribution >= 4 is 34.9 Å². The molecular formula is C13H16Cl2N4O. The van der Waals surface area contributed by atoms with Gasteiger partial charge in [0.15, 0.2) is 0 Å². The predicted octanol–water partition coefficient (Wildman–Crippen LogP) is 2.64. The highest BCUT2D eigenvalue weighted by atomic mass is 35.5. The second-order valence-electron chi connectivity index (χ2n) is 5.44. The first kappa shape index (κ1) is 14.0. The molecule has 2 heterocycles. The van der Waals surface area contributed by atoms with Crippen molar-refractivity contribution in [2.24, 2.45) is 5.92 Å². The van der Waals surface area contributed by atoms with Crippen LogP contribution in [0.15, 0.2) is 6.07 Å². The molecule has 0 bridgehead atoms. The maximum Gasteiger partial charge on any atom is 0.242 e. The van der Waals surface area contributed by atoms with Gasteiger partial charge in [0.25, 0.3) is 0 Å². The van der Waals surface area contributed by atoms with Gasteiger partial charge in [0.05, 0.1) is 6.04 Å². The van der Waals surface area contributed by atoms with Gasteiger partial charge in [-0.1, -0.05) is 24.4 Å². The zero-order chi connectivity index (χ0) is 14.1. The fourth-order valence-corrected chi connectivity index (χ4v) is 3.60. The van der Waals surface area contributed by atoms with E-state index in [0.29, 0.717) is 17.8 Å². The number of nitrogens with one attached hydrogen (secondary N) is 2. The molecule has 0 spiro atoms. The summed E-state index contributed by atoms with van der Waals surface area (Å²) in [5.74, 6) is 0.888. The number of nitrogens with zero attached hydrogens (tertiary/aromatic N) is 2. The smallest absolute Gasteiger partial charge is 0.242 e. The van der Waals surface area contributed by atoms with Crippen molar-refractivity contribution in [1.82, 2.24) is 15.3 Å². The lowest BCUT2D eigenvalue weighted by Crippen LogP contribution is -2.40. The Morgan fingerprint density at radius 3 is 2.85 bits per heavy atom. The molecule has 3 rings (SSSR count). The van der Waals surface area contributed by atoms with Crippen LogP contribution in [0.1, 0.15) is 32.1 Å². The summed E-state index contributed by atoms with van der Waals surface area (Å²) in [4.78, 5) is 20.0. The van der Waals surface area contributed by atoms with E-state index in [1.807, 2.05) is 0 Å². The first-order valence-corrected chi connectivity index (χ1v) is 7.64. The van der Waals surface area contributed by atoms with E-state index in [2.05, 4.69) is 20.6 Å². The molecule has 1 amide bonds. The SMILES string of the molecule is O=C(Nc1cc(Cl)nc(Cl)n1)C1CC2CCCCC2N1. The molecule has 1 aromatic heterocycles. The number of aromatic nitrogens is 2. The number of carbonyl (C=O) groups excluding carboxylic acids is 1. The van der Waals surface area contributed by atoms with Crippen LogP contribution in [-0.2, 0) is 4.79 Å². The average molecular weight is 315 g/mol. The van der Waals surface area contributed by atoms with Crippen LogP contribution in [-0.4, -0.2) is 28.0 Å². The molecule has 1 aliphatic carbocycles. The summed E-state index contributed by atoms with van der Waals surface area (Å²) in [6.07, 6.45) is 5.79. The molecule has 20 heavy (non-hydrogen) atoms. The van der Waals surface area contributed by atoms with Gasteiger partial charge in [-0.2, -0.15) is 0 Å². The summed E-state index contributed by atoms with van der Waals surface area (Å²) < 4.78 is 0. The molecule has 2 aliphatic rings. The van der Waals surface area contributed by atoms with Gasteiger partial charge in [-0.3, -0.25) is 4.79 Å². The van der Waals surface area contributed by atoms with Gasteiger partial charge in [-0.25, -0.2) is 9.97 Å². The monoisotopic (exact) mass is 314 g/mol. The average Bonchev–Trinajstić information content (AvgIpc) is 2.81. The van der Waals surface area contributed by atoms with E-state index in [1.165, 1.54) is 31.7 Å². The van der Waals surface area contributed by atoms with Crippen LogP contribution >= 0.6 is 23.2 Å². The molecule has 5 nitrogen and oxygen atoms in total. The first-order valence-electron chi connectivity index (χ1n) is 6.89. The van der Waals surface area contributed by atoms with Crippen molar-refractivity contribution < 1.29 is 4.79 Å². The number of hydrogen-bond donors (Lipinski definition) is 2. The number of anilines is 1. The zero-order valence-corrected chi connectivity index (χ0v) is 12.4. The van der Waals surface area contributed by atoms with Gasteiger partial charge in [-0.05, 0) is 36.8 Å². The highest BCUT2D eigenvalue weighted by Gasteiger charge is 2.38. The van der Waals surface area contributed by atoms with Crippen molar-refractivity contribution in [2.75, 3.05) is 5.32 Å². The van der Waals surface area contributed by atoms with E-state index in [9.17, 15) is 4.79 Å². The fourth-order valence-electron chi connectivity index (χ4n) is 3.19. The highest BCUT2D eigenvalue weighted by Crippen LogP contribution is 2.33. The summed E-state index contributed by atoms with van der Waals surface area (Å²) in [5, 5.41) is 6.42. The molecule has 3 atom stereocenters. The topological polar surface area (TPSA) is 66.9 Å². The lowest BCUT2D eigenvalue weighted by molar-refractivity contribution is -0.117. The maximum absolute atomic E-state index is 12.3. The van der Waals surface area contributed by atoms with Crippen molar-refractivity contribution in [3.8, 4) is 0 Å². The second-order valence-corrected chi connectivity index (χ2v) is 6.17. The Hall–Kier alpha value is -0.910. The van der Waals surface area contributed by atoms with Crippen LogP contribution in [0, 0.1) is 5.92 Å². The summed E-state index contributed by atoms with van der Waals surface area (Å²) in [6.45, 7) is 0. The highest BCUT2D eigenvalue weighted by molar-refractivity contribution is 6.32. The van der Waals surface area contributed by atoms with Crippen LogP contribution < -0.4 is 10.6 Å². The molecule has 0 aromatic carbocycles. The van der Waals surface area contributed by atoms with Crippen LogP contribution in [0.3, 0.4) is 0 Å². The first-order chi connectivity index (χ1) is 9.61. The number of halogens is 2. The third kappa shape index (κ3) is 3.05. The fraction of sp³-hybridized carbons (Fsp3) is 0.615. The molecule has 1 saturated heterocycles. The number of rotatable bonds is 2. The lowest BCUT2D eigenvalue weighted by Gasteiger charge is -2.24. The molecule has 1 saturated carbocycles. The molecule has 108 valence electrons. The summed E-state index contributed by atoms with van der Waals surface area (Å²) in [7, 11) is 0. The second kappa shape index (κ2) is 5.84. The minimum absolute atomic E-state index is 0.0286. The number of carbonyl (C=O) groups is 1.